The zero-order valence-corrected chi connectivity index (χ0v) is 9.68. The van der Waals surface area contributed by atoms with Crippen LogP contribution in [0.3, 0.4) is 0 Å². The number of fused-ring (bicyclic) bond motifs is 3. The molecule has 0 amide bonds. The molecule has 5 heteroatoms. The van der Waals surface area contributed by atoms with Crippen molar-refractivity contribution in [3.05, 3.63) is 35.5 Å². The van der Waals surface area contributed by atoms with Crippen LogP contribution in [0.5, 0.6) is 0 Å². The first-order chi connectivity index (χ1) is 8.70. The lowest BCUT2D eigenvalue weighted by Crippen LogP contribution is -2.45. The highest BCUT2D eigenvalue weighted by Crippen LogP contribution is 2.31. The molecule has 0 saturated carbocycles. The minimum atomic E-state index is -0.885. The van der Waals surface area contributed by atoms with E-state index in [1.54, 1.807) is 0 Å². The molecular formula is C13H14N2O3. The molecule has 0 unspecified atom stereocenters. The third-order valence-electron chi connectivity index (χ3n) is 3.49. The van der Waals surface area contributed by atoms with E-state index in [2.05, 4.69) is 10.3 Å². The van der Waals surface area contributed by atoms with Crippen molar-refractivity contribution in [3.8, 4) is 0 Å². The summed E-state index contributed by atoms with van der Waals surface area (Å²) in [6, 6.07) is 6.81. The monoisotopic (exact) mass is 246 g/mol. The Morgan fingerprint density at radius 3 is 2.89 bits per heavy atom. The lowest BCUT2D eigenvalue weighted by molar-refractivity contribution is -0.140. The molecule has 2 atom stereocenters. The number of carboxylic acids is 1. The molecule has 0 radical (unpaired) electrons. The van der Waals surface area contributed by atoms with Crippen LogP contribution in [0.25, 0.3) is 10.9 Å². The summed E-state index contributed by atoms with van der Waals surface area (Å²) in [6.45, 7) is -0.121. The molecule has 2 heterocycles. The quantitative estimate of drug-likeness (QED) is 0.631. The smallest absolute Gasteiger partial charge is 0.321 e. The molecule has 3 rings (SSSR count). The van der Waals surface area contributed by atoms with Crippen molar-refractivity contribution in [2.45, 2.75) is 18.5 Å². The molecule has 2 aromatic rings. The lowest BCUT2D eigenvalue weighted by atomic mass is 9.94. The van der Waals surface area contributed by atoms with Crippen LogP contribution in [-0.2, 0) is 11.2 Å². The predicted octanol–water partition coefficient (Wildman–Crippen LogP) is 0.800. The van der Waals surface area contributed by atoms with Crippen LogP contribution in [0.4, 0.5) is 0 Å². The molecule has 1 aliphatic rings. The average molecular weight is 246 g/mol. The molecule has 94 valence electrons. The van der Waals surface area contributed by atoms with Crippen molar-refractivity contribution in [2.24, 2.45) is 0 Å². The summed E-state index contributed by atoms with van der Waals surface area (Å²) in [5.41, 5.74) is 2.88. The van der Waals surface area contributed by atoms with Crippen molar-refractivity contribution < 1.29 is 15.0 Å². The Hall–Kier alpha value is -1.85. The van der Waals surface area contributed by atoms with Gasteiger partial charge in [-0.05, 0) is 11.6 Å². The van der Waals surface area contributed by atoms with Crippen LogP contribution in [-0.4, -0.2) is 33.8 Å². The number of aliphatic hydroxyl groups excluding tert-OH is 1. The van der Waals surface area contributed by atoms with Crippen molar-refractivity contribution in [2.75, 3.05) is 6.61 Å². The number of carboxylic acid groups (broad SMARTS) is 1. The number of nitrogens with one attached hydrogen (secondary N) is 2. The molecule has 0 saturated heterocycles. The van der Waals surface area contributed by atoms with Gasteiger partial charge >= 0.3 is 5.97 Å². The normalized spacial score (nSPS) is 22.9. The van der Waals surface area contributed by atoms with Gasteiger partial charge in [-0.25, -0.2) is 0 Å². The number of hydrogen-bond acceptors (Lipinski definition) is 3. The standard InChI is InChI=1S/C13H14N2O3/c16-6-11-12-8(5-10(14-11)13(17)18)7-3-1-2-4-9(7)15-12/h1-4,10-11,14-16H,5-6H2,(H,17,18)/t10-,11+/m0/s1. The number of aliphatic hydroxyl groups is 1. The van der Waals surface area contributed by atoms with Crippen LogP contribution in [0.15, 0.2) is 24.3 Å². The van der Waals surface area contributed by atoms with Gasteiger partial charge in [0.05, 0.1) is 12.6 Å². The third-order valence-corrected chi connectivity index (χ3v) is 3.49. The first-order valence-corrected chi connectivity index (χ1v) is 5.90. The van der Waals surface area contributed by atoms with Gasteiger partial charge in [0.25, 0.3) is 0 Å². The number of H-pyrrole nitrogens is 1. The maximum absolute atomic E-state index is 11.1. The van der Waals surface area contributed by atoms with Gasteiger partial charge in [0.15, 0.2) is 0 Å². The fraction of sp³-hybridized carbons (Fsp3) is 0.308. The molecule has 0 spiro atoms. The second-order valence-electron chi connectivity index (χ2n) is 4.56. The highest BCUT2D eigenvalue weighted by Gasteiger charge is 2.32. The second kappa shape index (κ2) is 4.12. The summed E-state index contributed by atoms with van der Waals surface area (Å²) >= 11 is 0. The van der Waals surface area contributed by atoms with Crippen molar-refractivity contribution in [1.29, 1.82) is 0 Å². The van der Waals surface area contributed by atoms with Gasteiger partial charge < -0.3 is 15.2 Å². The minimum Gasteiger partial charge on any atom is -0.480 e. The highest BCUT2D eigenvalue weighted by atomic mass is 16.4. The van der Waals surface area contributed by atoms with E-state index in [9.17, 15) is 9.90 Å². The van der Waals surface area contributed by atoms with E-state index in [4.69, 9.17) is 5.11 Å². The zero-order valence-electron chi connectivity index (χ0n) is 9.68. The molecule has 4 N–H and O–H groups in total. The Morgan fingerprint density at radius 2 is 2.17 bits per heavy atom. The predicted molar refractivity (Wildman–Crippen MR) is 66.4 cm³/mol. The number of aromatic amines is 1. The zero-order chi connectivity index (χ0) is 12.7. The van der Waals surface area contributed by atoms with Gasteiger partial charge in [0, 0.05) is 23.0 Å². The van der Waals surface area contributed by atoms with Crippen molar-refractivity contribution in [3.63, 3.8) is 0 Å². The van der Waals surface area contributed by atoms with Crippen molar-refractivity contribution >= 4 is 16.9 Å². The van der Waals surface area contributed by atoms with E-state index in [-0.39, 0.29) is 12.6 Å². The largest absolute Gasteiger partial charge is 0.480 e. The minimum absolute atomic E-state index is 0.121. The maximum atomic E-state index is 11.1. The fourth-order valence-electron chi connectivity index (χ4n) is 2.63. The van der Waals surface area contributed by atoms with Crippen LogP contribution < -0.4 is 5.32 Å². The number of carbonyl (C=O) groups is 1. The second-order valence-corrected chi connectivity index (χ2v) is 4.56. The first kappa shape index (κ1) is 11.3. The molecule has 0 fully saturated rings. The van der Waals surface area contributed by atoms with Gasteiger partial charge in [0.2, 0.25) is 0 Å². The summed E-state index contributed by atoms with van der Waals surface area (Å²) in [7, 11) is 0. The average Bonchev–Trinajstić information content (AvgIpc) is 2.76. The third kappa shape index (κ3) is 1.60. The fourth-order valence-corrected chi connectivity index (χ4v) is 2.63. The van der Waals surface area contributed by atoms with E-state index >= 15 is 0 Å². The van der Waals surface area contributed by atoms with Gasteiger partial charge in [-0.15, -0.1) is 0 Å². The van der Waals surface area contributed by atoms with E-state index in [0.29, 0.717) is 6.42 Å². The lowest BCUT2D eigenvalue weighted by Gasteiger charge is -2.27. The van der Waals surface area contributed by atoms with Gasteiger partial charge in [-0.1, -0.05) is 18.2 Å². The van der Waals surface area contributed by atoms with E-state index in [1.807, 2.05) is 24.3 Å². The summed E-state index contributed by atoms with van der Waals surface area (Å²) in [6.07, 6.45) is 0.436. The number of hydrogen-bond donors (Lipinski definition) is 4. The summed E-state index contributed by atoms with van der Waals surface area (Å²) in [4.78, 5) is 14.4. The molecule has 1 aromatic carbocycles. The molecule has 1 aromatic heterocycles. The number of benzene rings is 1. The van der Waals surface area contributed by atoms with Crippen molar-refractivity contribution in [1.82, 2.24) is 10.3 Å². The first-order valence-electron chi connectivity index (χ1n) is 5.90. The van der Waals surface area contributed by atoms with Crippen LogP contribution in [0, 0.1) is 0 Å². The number of para-hydroxylation sites is 1. The summed E-state index contributed by atoms with van der Waals surface area (Å²) in [5, 5.41) is 22.5. The summed E-state index contributed by atoms with van der Waals surface area (Å²) < 4.78 is 0. The Balaban J connectivity index is 2.15. The molecule has 18 heavy (non-hydrogen) atoms. The molecule has 5 nitrogen and oxygen atoms in total. The van der Waals surface area contributed by atoms with E-state index < -0.39 is 12.0 Å². The molecule has 0 aliphatic carbocycles. The van der Waals surface area contributed by atoms with Crippen LogP contribution >= 0.6 is 0 Å². The highest BCUT2D eigenvalue weighted by molar-refractivity contribution is 5.86. The Kier molecular flexibility index (Phi) is 2.57. The van der Waals surface area contributed by atoms with E-state index in [1.165, 1.54) is 0 Å². The summed E-state index contributed by atoms with van der Waals surface area (Å²) in [5.74, 6) is -0.885. The molecule has 1 aliphatic heterocycles. The maximum Gasteiger partial charge on any atom is 0.321 e. The Bertz CT molecular complexity index is 605. The topological polar surface area (TPSA) is 85.3 Å². The van der Waals surface area contributed by atoms with Gasteiger partial charge in [-0.2, -0.15) is 0 Å². The van der Waals surface area contributed by atoms with Crippen LogP contribution in [0.1, 0.15) is 17.3 Å². The Labute approximate surface area is 103 Å². The number of aromatic nitrogens is 1. The SMILES string of the molecule is O=C(O)[C@@H]1Cc2c([nH]c3ccccc23)[C@@H](CO)N1. The molecule has 0 bridgehead atoms. The molecular weight excluding hydrogens is 232 g/mol. The van der Waals surface area contributed by atoms with Crippen LogP contribution in [0.2, 0.25) is 0 Å². The van der Waals surface area contributed by atoms with Gasteiger partial charge in [0.1, 0.15) is 6.04 Å². The van der Waals surface area contributed by atoms with Gasteiger partial charge in [-0.3, -0.25) is 10.1 Å². The number of aliphatic carboxylic acids is 1. The Morgan fingerprint density at radius 1 is 1.39 bits per heavy atom. The number of rotatable bonds is 2. The van der Waals surface area contributed by atoms with E-state index in [0.717, 1.165) is 22.2 Å².